The second kappa shape index (κ2) is 50.1. The summed E-state index contributed by atoms with van der Waals surface area (Å²) in [5, 5.41) is 3.52. The fraction of sp³-hybridized carbons (Fsp3) is 0.578. The summed E-state index contributed by atoms with van der Waals surface area (Å²) in [7, 11) is -13.0. The number of nitrogens with zero attached hydrogens (tertiary/aromatic N) is 3. The number of carbonyl (C=O) groups excluding carboxylic acids is 6. The standard InChI is InChI=1S/2C28H36F3NO3S2.C25H33NO5S2.C20H25NO3S2.C8H11F3O/c2*1-4-37(34,35)25-11-7-19(8-12-25)13-23(33)15-24-14-21-17-32(26(18(2)3)27(21)36-24)16-20-5-9-22(10-6-20)28(29,30)31;1-7-33(29,30)21-10-8-17(9-11-21)12-19(27)14-20-13-18-15-26(24(28)31-25(4,5)6)22(16(2)3)23(18)32-20;1-4-26(23,24)18-7-5-14(6-8-18)9-16(22)11-17-10-15-12-21-19(13(2)3)20(15)25-17;9-8(10,11)7-3-1-6(5-12)2-4-7/h2*7-8,11-12,14,18,20,22,26H,4-6,9-10,13,15-17H2,1-3H3;8-11,13,16,22H,7,12,14-15H2,1-6H3;5-8,10,13,19,21H,4,9,11-12H2,1-3H3;5-7H,1-4H2/t2*20?,22?,26-;;;/m10.../s1. The van der Waals surface area contributed by atoms with Crippen molar-refractivity contribution in [3.63, 3.8) is 0 Å². The molecule has 0 saturated heterocycles. The summed E-state index contributed by atoms with van der Waals surface area (Å²) in [6.45, 7) is 34.0. The number of ether oxygens (including phenoxy) is 1. The quantitative estimate of drug-likeness (QED) is 0.0296. The van der Waals surface area contributed by atoms with Gasteiger partial charge in [-0.2, -0.15) is 39.5 Å². The van der Waals surface area contributed by atoms with E-state index in [1.54, 1.807) is 175 Å². The Bertz CT molecular complexity index is 6020. The zero-order chi connectivity index (χ0) is 107. The van der Waals surface area contributed by atoms with Crippen LogP contribution in [0.2, 0.25) is 0 Å². The lowest BCUT2D eigenvalue weighted by molar-refractivity contribution is -0.185. The van der Waals surface area contributed by atoms with E-state index in [2.05, 4.69) is 88.7 Å². The molecule has 7 aliphatic rings. The second-order valence-corrected chi connectivity index (χ2v) is 55.9. The molecule has 1 amide bonds. The van der Waals surface area contributed by atoms with Gasteiger partial charge in [-0.1, -0.05) is 132 Å². The molecule has 4 aromatic heterocycles. The molecule has 4 atom stereocenters. The summed E-state index contributed by atoms with van der Waals surface area (Å²) in [5.41, 5.74) is 7.60. The van der Waals surface area contributed by atoms with Gasteiger partial charge in [-0.3, -0.25) is 33.9 Å². The van der Waals surface area contributed by atoms with Crippen LogP contribution in [0.15, 0.2) is 141 Å². The van der Waals surface area contributed by atoms with E-state index in [1.807, 2.05) is 26.8 Å². The Balaban J connectivity index is 0.000000178. The molecule has 8 aromatic rings. The number of halogens is 9. The highest BCUT2D eigenvalue weighted by molar-refractivity contribution is 7.92. The molecule has 1 N–H and O–H groups in total. The van der Waals surface area contributed by atoms with Gasteiger partial charge < -0.3 is 14.8 Å². The van der Waals surface area contributed by atoms with Crippen LogP contribution in [0.4, 0.5) is 44.3 Å². The lowest BCUT2D eigenvalue weighted by Gasteiger charge is -2.35. The predicted molar refractivity (Wildman–Crippen MR) is 554 cm³/mol. The molecule has 3 aliphatic carbocycles. The topological polar surface area (TPSA) is 270 Å². The van der Waals surface area contributed by atoms with Gasteiger partial charge in [0.05, 0.1) is 72.9 Å². The number of thiophene rings is 4. The predicted octanol–water partition coefficient (Wildman–Crippen LogP) is 25.1. The Morgan fingerprint density at radius 2 is 0.641 bits per heavy atom. The van der Waals surface area contributed by atoms with Crippen molar-refractivity contribution < 1.29 is 107 Å². The highest BCUT2D eigenvalue weighted by Crippen LogP contribution is 2.51. The summed E-state index contributed by atoms with van der Waals surface area (Å²) in [6, 6.07) is 35.6. The average Bonchev–Trinajstić information content (AvgIpc) is 1.63. The first kappa shape index (κ1) is 118. The van der Waals surface area contributed by atoms with E-state index in [-0.39, 0.29) is 155 Å². The number of fused-ring (bicyclic) bond motifs is 4. The number of Topliss-reactive ketones (excluding diaryl/α,β-unsaturated/α-hetero) is 4. The number of hydrogen-bond acceptors (Lipinski definition) is 22. The Hall–Kier alpha value is -7.65. The monoisotopic (exact) mass is 2170 g/mol. The van der Waals surface area contributed by atoms with Crippen molar-refractivity contribution in [2.24, 2.45) is 59.2 Å². The van der Waals surface area contributed by atoms with Gasteiger partial charge in [-0.25, -0.2) is 38.5 Å². The number of aldehydes is 1. The number of alkyl halides is 9. The van der Waals surface area contributed by atoms with Crippen LogP contribution in [0.5, 0.6) is 0 Å². The summed E-state index contributed by atoms with van der Waals surface area (Å²) >= 11 is 6.71. The van der Waals surface area contributed by atoms with Gasteiger partial charge in [0.1, 0.15) is 35.0 Å². The number of nitrogens with one attached hydrogen (secondary N) is 1. The maximum absolute atomic E-state index is 13.0. The van der Waals surface area contributed by atoms with Crippen LogP contribution in [-0.4, -0.2) is 144 Å². The van der Waals surface area contributed by atoms with E-state index in [9.17, 15) is 102 Å². The third kappa shape index (κ3) is 32.2. The maximum atomic E-state index is 13.0. The average molecular weight is 2170 g/mol. The number of benzene rings is 4. The smallest absolute Gasteiger partial charge is 0.411 e. The zero-order valence-electron chi connectivity index (χ0n) is 85.6. The molecule has 8 heterocycles. The summed E-state index contributed by atoms with van der Waals surface area (Å²) < 4.78 is 216. The first-order chi connectivity index (χ1) is 67.9. The molecule has 4 aliphatic heterocycles. The van der Waals surface area contributed by atoms with Crippen molar-refractivity contribution >= 4 is 120 Å². The van der Waals surface area contributed by atoms with Crippen molar-refractivity contribution in [2.75, 3.05) is 36.1 Å². The molecule has 145 heavy (non-hydrogen) atoms. The van der Waals surface area contributed by atoms with Crippen molar-refractivity contribution in [3.05, 3.63) is 205 Å². The summed E-state index contributed by atoms with van der Waals surface area (Å²) in [6.07, 6.45) is -4.69. The van der Waals surface area contributed by atoms with Gasteiger partial charge in [0.2, 0.25) is 0 Å². The van der Waals surface area contributed by atoms with E-state index in [0.717, 1.165) is 91.2 Å². The molecule has 0 bridgehead atoms. The molecule has 0 radical (unpaired) electrons. The lowest BCUT2D eigenvalue weighted by atomic mass is 9.81. The number of rotatable bonds is 33. The Morgan fingerprint density at radius 1 is 0.372 bits per heavy atom. The fourth-order valence-electron chi connectivity index (χ4n) is 20.5. The van der Waals surface area contributed by atoms with E-state index in [4.69, 9.17) is 4.74 Å². The first-order valence-electron chi connectivity index (χ1n) is 50.5. The number of carbonyl (C=O) groups is 6. The fourth-order valence-corrected chi connectivity index (χ4v) is 30.1. The van der Waals surface area contributed by atoms with E-state index >= 15 is 0 Å². The van der Waals surface area contributed by atoms with Gasteiger partial charge in [-0.05, 0) is 251 Å². The van der Waals surface area contributed by atoms with Crippen molar-refractivity contribution in [2.45, 2.75) is 326 Å². The van der Waals surface area contributed by atoms with Crippen LogP contribution in [0, 0.1) is 59.2 Å². The second-order valence-electron chi connectivity index (χ2n) is 42.1. The molecule has 3 saturated carbocycles. The molecular formula is C109H141F9N4O15S8. The third-order valence-corrected chi connectivity index (χ3v) is 40.4. The first-order valence-corrected chi connectivity index (χ1v) is 60.4. The van der Waals surface area contributed by atoms with Gasteiger partial charge >= 0.3 is 24.6 Å². The minimum absolute atomic E-state index is 0.0440. The molecule has 3 fully saturated rings. The van der Waals surface area contributed by atoms with Crippen LogP contribution in [0.25, 0.3) is 0 Å². The van der Waals surface area contributed by atoms with Crippen molar-refractivity contribution in [1.29, 1.82) is 0 Å². The van der Waals surface area contributed by atoms with Crippen LogP contribution in [0.3, 0.4) is 0 Å². The van der Waals surface area contributed by atoms with Crippen LogP contribution in [-0.2, 0) is 146 Å². The van der Waals surface area contributed by atoms with Crippen LogP contribution < -0.4 is 5.32 Å². The molecule has 798 valence electrons. The number of ketones is 4. The molecule has 4 aromatic carbocycles. The largest absolute Gasteiger partial charge is 0.444 e. The summed E-state index contributed by atoms with van der Waals surface area (Å²) in [4.78, 5) is 90.7. The van der Waals surface area contributed by atoms with E-state index < -0.39 is 81.2 Å². The normalized spacial score (nSPS) is 21.0. The van der Waals surface area contributed by atoms with Crippen LogP contribution >= 0.6 is 45.3 Å². The highest BCUT2D eigenvalue weighted by Gasteiger charge is 2.47. The maximum Gasteiger partial charge on any atom is 0.411 e. The number of sulfone groups is 4. The molecule has 0 spiro atoms. The Morgan fingerprint density at radius 3 is 0.903 bits per heavy atom. The minimum Gasteiger partial charge on any atom is -0.444 e. The van der Waals surface area contributed by atoms with Gasteiger partial charge in [0.15, 0.2) is 39.3 Å². The van der Waals surface area contributed by atoms with Crippen molar-refractivity contribution in [1.82, 2.24) is 20.0 Å². The molecule has 15 rings (SSSR count). The van der Waals surface area contributed by atoms with Crippen LogP contribution in [0.1, 0.15) is 289 Å². The highest BCUT2D eigenvalue weighted by atomic mass is 32.2. The lowest BCUT2D eigenvalue weighted by Crippen LogP contribution is -2.37. The Kier molecular flexibility index (Phi) is 40.6. The van der Waals surface area contributed by atoms with Gasteiger partial charge in [0, 0.05) is 147 Å². The summed E-state index contributed by atoms with van der Waals surface area (Å²) in [5.74, 6) is -0.871. The number of amides is 1. The molecular weight excluding hydrogens is 2030 g/mol. The molecule has 2 unspecified atom stereocenters. The van der Waals surface area contributed by atoms with Crippen molar-refractivity contribution in [3.8, 4) is 0 Å². The van der Waals surface area contributed by atoms with Gasteiger partial charge in [-0.15, -0.1) is 45.3 Å². The van der Waals surface area contributed by atoms with E-state index in [1.165, 1.54) is 31.3 Å². The third-order valence-electron chi connectivity index (χ3n) is 28.3. The molecule has 36 heteroatoms. The number of hydrogen-bond donors (Lipinski definition) is 1. The van der Waals surface area contributed by atoms with Gasteiger partial charge in [0.25, 0.3) is 0 Å². The SMILES string of the molecule is CCS(=O)(=O)c1ccc(CC(=O)Cc2cc3c(s2)C(C(C)C)N(C(=O)OC(C)(C)C)C3)cc1.CCS(=O)(=O)c1ccc(CC(=O)Cc2cc3c(s2)C(C(C)C)NC3)cc1.CCS(=O)(=O)c1ccc(CC(=O)Cc2cc3c(s2)[C@@H](C(C)C)N(CC2CCC(C(F)(F)F)CC2)C3)cc1.CCS(=O)(=O)c1ccc(CC(=O)Cc2cc3c(s2)[C@H](C(C)C)N(CC2CCC(C(F)(F)F)CC2)C3)cc1.O=CC1CCC(C(F)(F)F)CC1. The zero-order valence-corrected chi connectivity index (χ0v) is 92.1. The minimum atomic E-state index is -4.07. The van der Waals surface area contributed by atoms with E-state index in [0.29, 0.717) is 118 Å². The Labute approximate surface area is 866 Å². The molecule has 19 nitrogen and oxygen atoms in total.